The van der Waals surface area contributed by atoms with Gasteiger partial charge in [0, 0.05) is 20.8 Å². The maximum Gasteiger partial charge on any atom is 0.169 e. The van der Waals surface area contributed by atoms with Crippen LogP contribution in [0.15, 0.2) is 22.8 Å². The molecular formula is C10H17NO3. The molecule has 4 nitrogen and oxygen atoms in total. The molecule has 0 fully saturated rings. The van der Waals surface area contributed by atoms with E-state index in [0.717, 1.165) is 5.76 Å². The third kappa shape index (κ3) is 3.14. The minimum Gasteiger partial charge on any atom is -0.468 e. The highest BCUT2D eigenvalue weighted by Gasteiger charge is 2.10. The molecule has 0 saturated carbocycles. The van der Waals surface area contributed by atoms with Gasteiger partial charge in [0.05, 0.1) is 12.3 Å². The molecule has 0 saturated heterocycles. The lowest BCUT2D eigenvalue weighted by molar-refractivity contribution is -0.0999. The van der Waals surface area contributed by atoms with Gasteiger partial charge in [-0.15, -0.1) is 0 Å². The Morgan fingerprint density at radius 1 is 1.43 bits per heavy atom. The first-order valence-electron chi connectivity index (χ1n) is 4.60. The summed E-state index contributed by atoms with van der Waals surface area (Å²) in [5.41, 5.74) is 0. The van der Waals surface area contributed by atoms with E-state index in [0.29, 0.717) is 6.54 Å². The number of hydrogen-bond acceptors (Lipinski definition) is 4. The molecule has 4 heteroatoms. The van der Waals surface area contributed by atoms with Crippen molar-refractivity contribution in [3.63, 3.8) is 0 Å². The SMILES string of the molecule is COC(CNC(C)c1ccco1)OC. The predicted octanol–water partition coefficient (Wildman–Crippen LogP) is 1.55. The minimum atomic E-state index is -0.215. The van der Waals surface area contributed by atoms with E-state index in [2.05, 4.69) is 5.32 Å². The number of nitrogens with one attached hydrogen (secondary N) is 1. The molecule has 14 heavy (non-hydrogen) atoms. The van der Waals surface area contributed by atoms with Crippen molar-refractivity contribution in [2.45, 2.75) is 19.3 Å². The molecule has 1 aromatic heterocycles. The van der Waals surface area contributed by atoms with E-state index >= 15 is 0 Å². The molecule has 0 aliphatic heterocycles. The van der Waals surface area contributed by atoms with Crippen molar-refractivity contribution in [2.24, 2.45) is 0 Å². The summed E-state index contributed by atoms with van der Waals surface area (Å²) in [5, 5.41) is 3.24. The zero-order valence-electron chi connectivity index (χ0n) is 8.82. The lowest BCUT2D eigenvalue weighted by Gasteiger charge is -2.17. The number of furan rings is 1. The minimum absolute atomic E-state index is 0.165. The van der Waals surface area contributed by atoms with Gasteiger partial charge in [0.25, 0.3) is 0 Å². The Hall–Kier alpha value is -0.840. The van der Waals surface area contributed by atoms with Crippen LogP contribution in [0.3, 0.4) is 0 Å². The Kier molecular flexibility index (Phi) is 4.65. The number of ether oxygens (including phenoxy) is 2. The van der Waals surface area contributed by atoms with Crippen molar-refractivity contribution in [3.05, 3.63) is 24.2 Å². The molecule has 1 atom stereocenters. The van der Waals surface area contributed by atoms with E-state index in [1.165, 1.54) is 0 Å². The van der Waals surface area contributed by atoms with E-state index in [-0.39, 0.29) is 12.3 Å². The van der Waals surface area contributed by atoms with Gasteiger partial charge in [-0.25, -0.2) is 0 Å². The van der Waals surface area contributed by atoms with Crippen molar-refractivity contribution in [1.29, 1.82) is 0 Å². The van der Waals surface area contributed by atoms with Gasteiger partial charge in [0.2, 0.25) is 0 Å². The second-order valence-electron chi connectivity index (χ2n) is 3.05. The normalized spacial score (nSPS) is 13.4. The van der Waals surface area contributed by atoms with Crippen LogP contribution >= 0.6 is 0 Å². The topological polar surface area (TPSA) is 43.6 Å². The Bertz CT molecular complexity index is 232. The van der Waals surface area contributed by atoms with E-state index < -0.39 is 0 Å². The third-order valence-corrected chi connectivity index (χ3v) is 2.09. The summed E-state index contributed by atoms with van der Waals surface area (Å²) in [4.78, 5) is 0. The summed E-state index contributed by atoms with van der Waals surface area (Å²) in [5.74, 6) is 0.913. The first-order chi connectivity index (χ1) is 6.77. The number of methoxy groups -OCH3 is 2. The predicted molar refractivity (Wildman–Crippen MR) is 52.9 cm³/mol. The first kappa shape index (κ1) is 11.2. The van der Waals surface area contributed by atoms with Gasteiger partial charge in [0.15, 0.2) is 6.29 Å². The van der Waals surface area contributed by atoms with Crippen LogP contribution in [0.5, 0.6) is 0 Å². The van der Waals surface area contributed by atoms with Crippen LogP contribution in [0.2, 0.25) is 0 Å². The summed E-state index contributed by atoms with van der Waals surface area (Å²) in [7, 11) is 3.24. The summed E-state index contributed by atoms with van der Waals surface area (Å²) >= 11 is 0. The molecule has 80 valence electrons. The van der Waals surface area contributed by atoms with Crippen LogP contribution < -0.4 is 5.32 Å². The highest BCUT2D eigenvalue weighted by Crippen LogP contribution is 2.11. The van der Waals surface area contributed by atoms with Gasteiger partial charge in [0.1, 0.15) is 5.76 Å². The van der Waals surface area contributed by atoms with Crippen molar-refractivity contribution in [1.82, 2.24) is 5.32 Å². The van der Waals surface area contributed by atoms with E-state index in [9.17, 15) is 0 Å². The second kappa shape index (κ2) is 5.80. The Morgan fingerprint density at radius 2 is 2.14 bits per heavy atom. The van der Waals surface area contributed by atoms with Crippen molar-refractivity contribution < 1.29 is 13.9 Å². The lowest BCUT2D eigenvalue weighted by Crippen LogP contribution is -2.31. The average molecular weight is 199 g/mol. The summed E-state index contributed by atoms with van der Waals surface area (Å²) in [6.07, 6.45) is 1.45. The van der Waals surface area contributed by atoms with Crippen LogP contribution in [0, 0.1) is 0 Å². The van der Waals surface area contributed by atoms with Gasteiger partial charge < -0.3 is 19.2 Å². The second-order valence-corrected chi connectivity index (χ2v) is 3.05. The van der Waals surface area contributed by atoms with Crippen molar-refractivity contribution >= 4 is 0 Å². The van der Waals surface area contributed by atoms with Gasteiger partial charge in [-0.05, 0) is 19.1 Å². The standard InChI is InChI=1S/C10H17NO3/c1-8(9-5-4-6-14-9)11-7-10(12-2)13-3/h4-6,8,10-11H,7H2,1-3H3. The Morgan fingerprint density at radius 3 is 2.64 bits per heavy atom. The fraction of sp³-hybridized carbons (Fsp3) is 0.600. The highest BCUT2D eigenvalue weighted by molar-refractivity contribution is 5.02. The van der Waals surface area contributed by atoms with Crippen molar-refractivity contribution in [2.75, 3.05) is 20.8 Å². The Labute approximate surface area is 84.2 Å². The van der Waals surface area contributed by atoms with Gasteiger partial charge in [-0.3, -0.25) is 0 Å². The number of hydrogen-bond donors (Lipinski definition) is 1. The van der Waals surface area contributed by atoms with Gasteiger partial charge in [-0.2, -0.15) is 0 Å². The monoisotopic (exact) mass is 199 g/mol. The van der Waals surface area contributed by atoms with E-state index in [4.69, 9.17) is 13.9 Å². The molecule has 1 heterocycles. The van der Waals surface area contributed by atoms with Gasteiger partial charge >= 0.3 is 0 Å². The van der Waals surface area contributed by atoms with Crippen LogP contribution in [0.4, 0.5) is 0 Å². The first-order valence-corrected chi connectivity index (χ1v) is 4.60. The van der Waals surface area contributed by atoms with E-state index in [1.54, 1.807) is 20.5 Å². The Balaban J connectivity index is 2.31. The molecule has 1 unspecified atom stereocenters. The quantitative estimate of drug-likeness (QED) is 0.706. The average Bonchev–Trinajstić information content (AvgIpc) is 2.72. The maximum absolute atomic E-state index is 5.25. The van der Waals surface area contributed by atoms with Crippen LogP contribution in [-0.2, 0) is 9.47 Å². The highest BCUT2D eigenvalue weighted by atomic mass is 16.7. The third-order valence-electron chi connectivity index (χ3n) is 2.09. The molecule has 1 N–H and O–H groups in total. The smallest absolute Gasteiger partial charge is 0.169 e. The molecule has 0 radical (unpaired) electrons. The fourth-order valence-corrected chi connectivity index (χ4v) is 1.17. The molecule has 1 aromatic rings. The fourth-order valence-electron chi connectivity index (χ4n) is 1.17. The molecule has 0 aliphatic carbocycles. The maximum atomic E-state index is 5.25. The molecule has 0 spiro atoms. The van der Waals surface area contributed by atoms with Crippen LogP contribution in [0.25, 0.3) is 0 Å². The van der Waals surface area contributed by atoms with Crippen LogP contribution in [0.1, 0.15) is 18.7 Å². The van der Waals surface area contributed by atoms with E-state index in [1.807, 2.05) is 19.1 Å². The van der Waals surface area contributed by atoms with Crippen LogP contribution in [-0.4, -0.2) is 27.1 Å². The molecule has 1 rings (SSSR count). The summed E-state index contributed by atoms with van der Waals surface area (Å²) in [6.45, 7) is 2.66. The zero-order valence-corrected chi connectivity index (χ0v) is 8.82. The molecule has 0 bridgehead atoms. The molecule has 0 aromatic carbocycles. The molecular weight excluding hydrogens is 182 g/mol. The van der Waals surface area contributed by atoms with Crippen molar-refractivity contribution in [3.8, 4) is 0 Å². The van der Waals surface area contributed by atoms with Gasteiger partial charge in [-0.1, -0.05) is 0 Å². The summed E-state index contributed by atoms with van der Waals surface area (Å²) in [6, 6.07) is 3.97. The zero-order chi connectivity index (χ0) is 10.4. The molecule has 0 aliphatic rings. The number of rotatable bonds is 6. The summed E-state index contributed by atoms with van der Waals surface area (Å²) < 4.78 is 15.4. The lowest BCUT2D eigenvalue weighted by atomic mass is 10.2. The largest absolute Gasteiger partial charge is 0.468 e. The molecule has 0 amide bonds.